The van der Waals surface area contributed by atoms with Crippen molar-refractivity contribution >= 4 is 10.8 Å². The van der Waals surface area contributed by atoms with Crippen molar-refractivity contribution in [1.29, 1.82) is 0 Å². The zero-order valence-electron chi connectivity index (χ0n) is 15.0. The maximum atomic E-state index is 2.29. The van der Waals surface area contributed by atoms with E-state index < -0.39 is 0 Å². The fourth-order valence-electron chi connectivity index (χ4n) is 3.83. The summed E-state index contributed by atoms with van der Waals surface area (Å²) in [5, 5.41) is 2.72. The van der Waals surface area contributed by atoms with Crippen molar-refractivity contribution in [2.75, 3.05) is 0 Å². The van der Waals surface area contributed by atoms with E-state index in [1.807, 2.05) is 0 Å². The van der Waals surface area contributed by atoms with Crippen LogP contribution < -0.4 is 0 Å². The maximum Gasteiger partial charge on any atom is -0.0118 e. The number of hydrogen-bond acceptors (Lipinski definition) is 0. The molecular formula is C26H24. The Morgan fingerprint density at radius 2 is 1.23 bits per heavy atom. The molecule has 0 aliphatic heterocycles. The fraction of sp³-hybridized carbons (Fsp3) is 0.154. The number of rotatable bonds is 6. The highest BCUT2D eigenvalue weighted by atomic mass is 14.2. The van der Waals surface area contributed by atoms with Crippen LogP contribution in [0.25, 0.3) is 10.8 Å². The van der Waals surface area contributed by atoms with Crippen LogP contribution in [0.1, 0.15) is 29.0 Å². The van der Waals surface area contributed by atoms with E-state index in [9.17, 15) is 0 Å². The Morgan fingerprint density at radius 1 is 0.577 bits per heavy atom. The van der Waals surface area contributed by atoms with Crippen molar-refractivity contribution in [3.63, 3.8) is 0 Å². The fourth-order valence-corrected chi connectivity index (χ4v) is 3.83. The van der Waals surface area contributed by atoms with E-state index in [0.29, 0.717) is 5.92 Å². The van der Waals surface area contributed by atoms with E-state index in [-0.39, 0.29) is 0 Å². The van der Waals surface area contributed by atoms with Gasteiger partial charge in [-0.1, -0.05) is 103 Å². The van der Waals surface area contributed by atoms with Gasteiger partial charge in [-0.25, -0.2) is 0 Å². The third kappa shape index (κ3) is 3.86. The van der Waals surface area contributed by atoms with E-state index in [4.69, 9.17) is 0 Å². The van der Waals surface area contributed by atoms with Gasteiger partial charge in [-0.2, -0.15) is 0 Å². The van der Waals surface area contributed by atoms with Crippen molar-refractivity contribution < 1.29 is 0 Å². The van der Waals surface area contributed by atoms with Crippen LogP contribution in [0.2, 0.25) is 0 Å². The van der Waals surface area contributed by atoms with Crippen LogP contribution in [0.3, 0.4) is 0 Å². The van der Waals surface area contributed by atoms with Gasteiger partial charge in [-0.05, 0) is 52.6 Å². The highest BCUT2D eigenvalue weighted by molar-refractivity contribution is 5.85. The summed E-state index contributed by atoms with van der Waals surface area (Å²) >= 11 is 0. The van der Waals surface area contributed by atoms with Crippen LogP contribution in [0.5, 0.6) is 0 Å². The third-order valence-electron chi connectivity index (χ3n) is 5.24. The molecule has 0 spiro atoms. The summed E-state index contributed by atoms with van der Waals surface area (Å²) in [6.07, 6.45) is 3.36. The number of fused-ring (bicyclic) bond motifs is 1. The summed E-state index contributed by atoms with van der Waals surface area (Å²) < 4.78 is 0. The second-order valence-corrected chi connectivity index (χ2v) is 6.97. The monoisotopic (exact) mass is 336 g/mol. The Kier molecular flexibility index (Phi) is 5.12. The van der Waals surface area contributed by atoms with Gasteiger partial charge >= 0.3 is 0 Å². The summed E-state index contributed by atoms with van der Waals surface area (Å²) in [6, 6.07) is 37.2. The van der Waals surface area contributed by atoms with E-state index in [0.717, 1.165) is 19.3 Å². The molecule has 4 aromatic carbocycles. The molecule has 0 heterocycles. The van der Waals surface area contributed by atoms with Gasteiger partial charge in [0.1, 0.15) is 0 Å². The number of benzene rings is 4. The van der Waals surface area contributed by atoms with Crippen LogP contribution in [0, 0.1) is 0 Å². The zero-order chi connectivity index (χ0) is 17.6. The molecule has 0 aliphatic carbocycles. The Hall–Kier alpha value is -2.86. The molecule has 0 nitrogen and oxygen atoms in total. The van der Waals surface area contributed by atoms with Gasteiger partial charge < -0.3 is 0 Å². The van der Waals surface area contributed by atoms with Crippen LogP contribution in [-0.2, 0) is 12.8 Å². The van der Waals surface area contributed by atoms with Gasteiger partial charge in [0.15, 0.2) is 0 Å². The number of hydrogen-bond donors (Lipinski definition) is 0. The molecule has 0 amide bonds. The molecule has 0 bridgehead atoms. The van der Waals surface area contributed by atoms with E-state index in [1.165, 1.54) is 27.5 Å². The predicted octanol–water partition coefficient (Wildman–Crippen LogP) is 6.80. The van der Waals surface area contributed by atoms with Gasteiger partial charge in [-0.3, -0.25) is 0 Å². The summed E-state index contributed by atoms with van der Waals surface area (Å²) in [5.41, 5.74) is 4.31. The zero-order valence-corrected chi connectivity index (χ0v) is 15.0. The summed E-state index contributed by atoms with van der Waals surface area (Å²) in [5.74, 6) is 0.530. The van der Waals surface area contributed by atoms with Crippen molar-refractivity contribution in [3.05, 3.63) is 120 Å². The third-order valence-corrected chi connectivity index (χ3v) is 5.24. The molecule has 1 unspecified atom stereocenters. The molecule has 128 valence electrons. The lowest BCUT2D eigenvalue weighted by molar-refractivity contribution is 0.623. The molecule has 4 rings (SSSR count). The number of aryl methyl sites for hydroxylation is 1. The molecule has 0 N–H and O–H groups in total. The summed E-state index contributed by atoms with van der Waals surface area (Å²) in [4.78, 5) is 0. The molecule has 0 aromatic heterocycles. The largest absolute Gasteiger partial charge is 0.0622 e. The molecule has 0 fully saturated rings. The van der Waals surface area contributed by atoms with E-state index >= 15 is 0 Å². The first-order valence-corrected chi connectivity index (χ1v) is 9.46. The average molecular weight is 336 g/mol. The lowest BCUT2D eigenvalue weighted by Crippen LogP contribution is -2.05. The Balaban J connectivity index is 1.62. The van der Waals surface area contributed by atoms with Gasteiger partial charge in [0, 0.05) is 0 Å². The first-order chi connectivity index (χ1) is 12.9. The molecular weight excluding hydrogens is 312 g/mol. The Bertz CT molecular complexity index is 949. The molecule has 26 heavy (non-hydrogen) atoms. The Labute approximate surface area is 156 Å². The molecule has 4 aromatic rings. The van der Waals surface area contributed by atoms with Crippen molar-refractivity contribution in [2.45, 2.75) is 25.2 Å². The molecule has 0 aliphatic rings. The Morgan fingerprint density at radius 3 is 2.04 bits per heavy atom. The maximum absolute atomic E-state index is 2.29. The highest BCUT2D eigenvalue weighted by Crippen LogP contribution is 2.29. The minimum Gasteiger partial charge on any atom is -0.0622 e. The van der Waals surface area contributed by atoms with Crippen molar-refractivity contribution in [2.24, 2.45) is 0 Å². The first kappa shape index (κ1) is 16.6. The normalized spacial score (nSPS) is 12.2. The topological polar surface area (TPSA) is 0 Å². The molecule has 1 atom stereocenters. The minimum atomic E-state index is 0.530. The van der Waals surface area contributed by atoms with Gasteiger partial charge in [-0.15, -0.1) is 0 Å². The van der Waals surface area contributed by atoms with Gasteiger partial charge in [0.05, 0.1) is 0 Å². The van der Waals surface area contributed by atoms with Crippen LogP contribution in [0.4, 0.5) is 0 Å². The van der Waals surface area contributed by atoms with Crippen LogP contribution >= 0.6 is 0 Å². The van der Waals surface area contributed by atoms with Gasteiger partial charge in [0.25, 0.3) is 0 Å². The van der Waals surface area contributed by atoms with E-state index in [1.54, 1.807) is 0 Å². The molecule has 0 heteroatoms. The minimum absolute atomic E-state index is 0.530. The standard InChI is InChI=1S/C26H24/c1-3-10-21(11-4-1)18-19-24(22-12-5-2-6-13-22)20-25-16-9-15-23-14-7-8-17-26(23)25/h1-17,24H,18-20H2. The van der Waals surface area contributed by atoms with Crippen molar-refractivity contribution in [3.8, 4) is 0 Å². The lowest BCUT2D eigenvalue weighted by Gasteiger charge is -2.19. The van der Waals surface area contributed by atoms with Gasteiger partial charge in [0.2, 0.25) is 0 Å². The summed E-state index contributed by atoms with van der Waals surface area (Å²) in [6.45, 7) is 0. The molecule has 0 saturated carbocycles. The smallest absolute Gasteiger partial charge is 0.0118 e. The van der Waals surface area contributed by atoms with Crippen LogP contribution in [0.15, 0.2) is 103 Å². The quantitative estimate of drug-likeness (QED) is 0.363. The second-order valence-electron chi connectivity index (χ2n) is 6.97. The first-order valence-electron chi connectivity index (χ1n) is 9.46. The predicted molar refractivity (Wildman–Crippen MR) is 112 cm³/mol. The lowest BCUT2D eigenvalue weighted by atomic mass is 9.86. The van der Waals surface area contributed by atoms with E-state index in [2.05, 4.69) is 103 Å². The average Bonchev–Trinajstić information content (AvgIpc) is 2.72. The second kappa shape index (κ2) is 8.01. The van der Waals surface area contributed by atoms with Crippen LogP contribution in [-0.4, -0.2) is 0 Å². The van der Waals surface area contributed by atoms with Crippen molar-refractivity contribution in [1.82, 2.24) is 0 Å². The highest BCUT2D eigenvalue weighted by Gasteiger charge is 2.14. The molecule has 0 saturated heterocycles. The molecule has 0 radical (unpaired) electrons. The SMILES string of the molecule is c1ccc(CCC(Cc2cccc3ccccc23)c2ccccc2)cc1. The summed E-state index contributed by atoms with van der Waals surface area (Å²) in [7, 11) is 0.